The molecular formula is C13H17F2N3. The normalized spacial score (nSPS) is 26.3. The summed E-state index contributed by atoms with van der Waals surface area (Å²) in [5.41, 5.74) is 0.0839. The molecule has 1 aromatic rings. The quantitative estimate of drug-likeness (QED) is 0.764. The van der Waals surface area contributed by atoms with Crippen LogP contribution in [0.1, 0.15) is 19.4 Å². The number of piperazine rings is 1. The zero-order valence-corrected chi connectivity index (χ0v) is 10.6. The summed E-state index contributed by atoms with van der Waals surface area (Å²) in [7, 11) is 0. The van der Waals surface area contributed by atoms with Crippen molar-refractivity contribution < 1.29 is 8.78 Å². The number of pyridine rings is 1. The smallest absolute Gasteiger partial charge is 0.297 e. The van der Waals surface area contributed by atoms with Crippen LogP contribution in [0.25, 0.3) is 0 Å². The maximum absolute atomic E-state index is 14.4. The van der Waals surface area contributed by atoms with Crippen molar-refractivity contribution in [2.45, 2.75) is 31.9 Å². The van der Waals surface area contributed by atoms with Gasteiger partial charge in [-0.05, 0) is 26.0 Å². The summed E-state index contributed by atoms with van der Waals surface area (Å²) in [4.78, 5) is 8.02. The van der Waals surface area contributed by atoms with E-state index in [0.29, 0.717) is 24.9 Å². The summed E-state index contributed by atoms with van der Waals surface area (Å²) in [6.07, 6.45) is 1.59. The fourth-order valence-electron chi connectivity index (χ4n) is 2.90. The molecule has 18 heavy (non-hydrogen) atoms. The van der Waals surface area contributed by atoms with Crippen molar-refractivity contribution in [3.8, 4) is 0 Å². The summed E-state index contributed by atoms with van der Waals surface area (Å²) >= 11 is 0. The molecule has 0 aliphatic carbocycles. The fraction of sp³-hybridized carbons (Fsp3) is 0.615. The number of hydrogen-bond acceptors (Lipinski definition) is 3. The standard InChI is InChI=1S/C13H17F2N3/c1-9(2)17-6-7-18-11(8-17)13(14,15)10-4-3-5-16-12(10)18/h3-5,9,11H,6-8H2,1-2H3/t11-/m1/s1. The summed E-state index contributed by atoms with van der Waals surface area (Å²) in [5, 5.41) is 0. The number of hydrogen-bond donors (Lipinski definition) is 0. The van der Waals surface area contributed by atoms with Crippen LogP contribution in [0.2, 0.25) is 0 Å². The number of rotatable bonds is 1. The second-order valence-corrected chi connectivity index (χ2v) is 5.30. The lowest BCUT2D eigenvalue weighted by Crippen LogP contribution is -2.57. The zero-order chi connectivity index (χ0) is 12.9. The van der Waals surface area contributed by atoms with Crippen molar-refractivity contribution in [3.63, 3.8) is 0 Å². The average Bonchev–Trinajstić information content (AvgIpc) is 2.59. The van der Waals surface area contributed by atoms with Crippen LogP contribution in [0.3, 0.4) is 0 Å². The van der Waals surface area contributed by atoms with Gasteiger partial charge in [0.05, 0.1) is 5.56 Å². The molecule has 0 N–H and O–H groups in total. The van der Waals surface area contributed by atoms with E-state index in [9.17, 15) is 8.78 Å². The number of halogens is 2. The summed E-state index contributed by atoms with van der Waals surface area (Å²) in [5.74, 6) is -2.33. The van der Waals surface area contributed by atoms with E-state index >= 15 is 0 Å². The van der Waals surface area contributed by atoms with Gasteiger partial charge in [0.25, 0.3) is 5.92 Å². The largest absolute Gasteiger partial charge is 0.344 e. The van der Waals surface area contributed by atoms with Crippen LogP contribution in [0.4, 0.5) is 14.6 Å². The molecule has 98 valence electrons. The number of alkyl halides is 2. The highest BCUT2D eigenvalue weighted by atomic mass is 19.3. The molecule has 0 radical (unpaired) electrons. The SMILES string of the molecule is CC(C)N1CCN2c3ncccc3C(F)(F)[C@H]2C1. The highest BCUT2D eigenvalue weighted by Crippen LogP contribution is 2.47. The molecule has 1 atom stereocenters. The van der Waals surface area contributed by atoms with E-state index in [1.165, 1.54) is 6.07 Å². The molecule has 5 heteroatoms. The number of aromatic nitrogens is 1. The molecule has 0 amide bonds. The Bertz CT molecular complexity index is 461. The number of fused-ring (bicyclic) bond motifs is 3. The minimum atomic E-state index is -2.79. The van der Waals surface area contributed by atoms with Crippen molar-refractivity contribution in [3.05, 3.63) is 23.9 Å². The highest BCUT2D eigenvalue weighted by molar-refractivity contribution is 5.57. The number of anilines is 1. The molecule has 0 unspecified atom stereocenters. The van der Waals surface area contributed by atoms with Gasteiger partial charge in [-0.1, -0.05) is 0 Å². The Morgan fingerprint density at radius 3 is 2.89 bits per heavy atom. The van der Waals surface area contributed by atoms with Gasteiger partial charge in [0, 0.05) is 31.9 Å². The third-order valence-corrected chi connectivity index (χ3v) is 3.98. The van der Waals surface area contributed by atoms with Crippen molar-refractivity contribution in [2.75, 3.05) is 24.5 Å². The van der Waals surface area contributed by atoms with Crippen LogP contribution in [0.5, 0.6) is 0 Å². The maximum Gasteiger partial charge on any atom is 0.297 e. The monoisotopic (exact) mass is 253 g/mol. The van der Waals surface area contributed by atoms with Crippen molar-refractivity contribution in [2.24, 2.45) is 0 Å². The first-order valence-corrected chi connectivity index (χ1v) is 6.36. The van der Waals surface area contributed by atoms with Crippen LogP contribution in [0, 0.1) is 0 Å². The molecule has 0 spiro atoms. The highest BCUT2D eigenvalue weighted by Gasteiger charge is 2.55. The van der Waals surface area contributed by atoms with E-state index in [2.05, 4.69) is 9.88 Å². The van der Waals surface area contributed by atoms with Gasteiger partial charge >= 0.3 is 0 Å². The van der Waals surface area contributed by atoms with Crippen molar-refractivity contribution in [1.29, 1.82) is 0 Å². The lowest BCUT2D eigenvalue weighted by molar-refractivity contribution is -0.0414. The molecule has 2 aliphatic rings. The Hall–Kier alpha value is -1.23. The summed E-state index contributed by atoms with van der Waals surface area (Å²) in [6, 6.07) is 2.63. The topological polar surface area (TPSA) is 19.4 Å². The lowest BCUT2D eigenvalue weighted by Gasteiger charge is -2.41. The molecule has 0 bridgehead atoms. The molecular weight excluding hydrogens is 236 g/mol. The van der Waals surface area contributed by atoms with Crippen molar-refractivity contribution >= 4 is 5.82 Å². The van der Waals surface area contributed by atoms with E-state index in [-0.39, 0.29) is 5.56 Å². The molecule has 3 nitrogen and oxygen atoms in total. The molecule has 2 aliphatic heterocycles. The van der Waals surface area contributed by atoms with Gasteiger partial charge in [0.1, 0.15) is 11.9 Å². The first-order chi connectivity index (χ1) is 8.51. The first-order valence-electron chi connectivity index (χ1n) is 6.36. The van der Waals surface area contributed by atoms with Gasteiger partial charge in [-0.3, -0.25) is 4.90 Å². The van der Waals surface area contributed by atoms with Crippen LogP contribution in [-0.2, 0) is 5.92 Å². The van der Waals surface area contributed by atoms with Gasteiger partial charge in [-0.2, -0.15) is 8.78 Å². The minimum absolute atomic E-state index is 0.0839. The third-order valence-electron chi connectivity index (χ3n) is 3.98. The summed E-state index contributed by atoms with van der Waals surface area (Å²) < 4.78 is 28.8. The van der Waals surface area contributed by atoms with Crippen LogP contribution in [-0.4, -0.2) is 41.6 Å². The molecule has 1 saturated heterocycles. The summed E-state index contributed by atoms with van der Waals surface area (Å²) in [6.45, 7) is 5.95. The zero-order valence-electron chi connectivity index (χ0n) is 10.6. The average molecular weight is 253 g/mol. The fourth-order valence-corrected chi connectivity index (χ4v) is 2.90. The van der Waals surface area contributed by atoms with E-state index in [1.807, 2.05) is 13.8 Å². The Balaban J connectivity index is 1.97. The second-order valence-electron chi connectivity index (χ2n) is 5.30. The molecule has 3 heterocycles. The Morgan fingerprint density at radius 1 is 1.39 bits per heavy atom. The maximum atomic E-state index is 14.4. The lowest BCUT2D eigenvalue weighted by atomic mass is 10.0. The van der Waals surface area contributed by atoms with E-state index in [0.717, 1.165) is 6.54 Å². The van der Waals surface area contributed by atoms with Crippen LogP contribution in [0.15, 0.2) is 18.3 Å². The molecule has 1 aromatic heterocycles. The van der Waals surface area contributed by atoms with Gasteiger partial charge in [0.2, 0.25) is 0 Å². The molecule has 1 fully saturated rings. The predicted molar refractivity (Wildman–Crippen MR) is 66.0 cm³/mol. The third kappa shape index (κ3) is 1.53. The van der Waals surface area contributed by atoms with Gasteiger partial charge in [-0.25, -0.2) is 4.98 Å². The molecule has 0 saturated carbocycles. The van der Waals surface area contributed by atoms with E-state index in [4.69, 9.17) is 0 Å². The first kappa shape index (κ1) is 11.8. The van der Waals surface area contributed by atoms with E-state index in [1.54, 1.807) is 17.2 Å². The van der Waals surface area contributed by atoms with Crippen LogP contribution >= 0.6 is 0 Å². The molecule has 3 rings (SSSR count). The Labute approximate surface area is 105 Å². The van der Waals surface area contributed by atoms with Gasteiger partial charge in [0.15, 0.2) is 0 Å². The van der Waals surface area contributed by atoms with E-state index < -0.39 is 12.0 Å². The van der Waals surface area contributed by atoms with Crippen LogP contribution < -0.4 is 4.90 Å². The minimum Gasteiger partial charge on any atom is -0.344 e. The Morgan fingerprint density at radius 2 is 2.17 bits per heavy atom. The Kier molecular flexibility index (Phi) is 2.55. The predicted octanol–water partition coefficient (Wildman–Crippen LogP) is 2.09. The second kappa shape index (κ2) is 3.88. The molecule has 0 aromatic carbocycles. The van der Waals surface area contributed by atoms with Gasteiger partial charge in [-0.15, -0.1) is 0 Å². The van der Waals surface area contributed by atoms with Gasteiger partial charge < -0.3 is 4.90 Å². The number of nitrogens with zero attached hydrogens (tertiary/aromatic N) is 3. The van der Waals surface area contributed by atoms with Crippen molar-refractivity contribution in [1.82, 2.24) is 9.88 Å².